The van der Waals surface area contributed by atoms with Crippen LogP contribution in [0.2, 0.25) is 5.02 Å². The van der Waals surface area contributed by atoms with Gasteiger partial charge >= 0.3 is 5.97 Å². The molecule has 0 saturated heterocycles. The first-order valence-electron chi connectivity index (χ1n) is 5.04. The molecule has 0 atom stereocenters. The Hall–Kier alpha value is -1.53. The monoisotopic (exact) mass is 283 g/mol. The molecule has 2 aromatic rings. The molecule has 5 nitrogen and oxygen atoms in total. The van der Waals surface area contributed by atoms with E-state index in [-0.39, 0.29) is 5.56 Å². The lowest BCUT2D eigenvalue weighted by Gasteiger charge is -2.04. The van der Waals surface area contributed by atoms with Crippen molar-refractivity contribution in [3.05, 3.63) is 34.6 Å². The molecule has 94 valence electrons. The van der Waals surface area contributed by atoms with Gasteiger partial charge in [0.25, 0.3) is 0 Å². The van der Waals surface area contributed by atoms with E-state index in [9.17, 15) is 4.79 Å². The summed E-state index contributed by atoms with van der Waals surface area (Å²) in [6, 6.07) is 3.30. The van der Waals surface area contributed by atoms with Gasteiger partial charge in [-0.25, -0.2) is 9.78 Å². The number of hydrogen-bond donors (Lipinski definition) is 1. The summed E-state index contributed by atoms with van der Waals surface area (Å²) in [5.41, 5.74) is 0.976. The lowest BCUT2D eigenvalue weighted by Crippen LogP contribution is -1.98. The van der Waals surface area contributed by atoms with Crippen LogP contribution in [0.3, 0.4) is 0 Å². The van der Waals surface area contributed by atoms with Crippen LogP contribution in [-0.2, 0) is 7.05 Å². The molecule has 18 heavy (non-hydrogen) atoms. The zero-order chi connectivity index (χ0) is 13.3. The first kappa shape index (κ1) is 12.9. The molecule has 0 aromatic carbocycles. The van der Waals surface area contributed by atoms with Gasteiger partial charge in [-0.1, -0.05) is 11.6 Å². The molecule has 2 aromatic heterocycles. The molecule has 0 spiro atoms. The van der Waals surface area contributed by atoms with E-state index in [0.29, 0.717) is 10.0 Å². The van der Waals surface area contributed by atoms with Gasteiger partial charge in [0.1, 0.15) is 10.1 Å². The molecule has 1 N–H and O–H groups in total. The topological polar surface area (TPSA) is 68.0 Å². The number of nitrogens with zero attached hydrogens (tertiary/aromatic N) is 3. The molecule has 0 aliphatic heterocycles. The van der Waals surface area contributed by atoms with Gasteiger partial charge in [-0.15, -0.1) is 0 Å². The van der Waals surface area contributed by atoms with Crippen molar-refractivity contribution in [1.29, 1.82) is 0 Å². The van der Waals surface area contributed by atoms with Gasteiger partial charge in [-0.2, -0.15) is 5.10 Å². The van der Waals surface area contributed by atoms with Crippen molar-refractivity contribution in [3.63, 3.8) is 0 Å². The standard InChI is InChI=1S/C11H10ClN3O2S/c1-6-3-9(15(2)14-6)18-10-8(12)4-7(5-13-10)11(16)17/h3-5H,1-2H3,(H,16,17). The Balaban J connectivity index is 2.30. The van der Waals surface area contributed by atoms with Crippen LogP contribution in [0.15, 0.2) is 28.4 Å². The van der Waals surface area contributed by atoms with Gasteiger partial charge < -0.3 is 5.11 Å². The molecule has 0 radical (unpaired) electrons. The quantitative estimate of drug-likeness (QED) is 0.938. The number of carboxylic acids is 1. The van der Waals surface area contributed by atoms with Gasteiger partial charge in [0.2, 0.25) is 0 Å². The van der Waals surface area contributed by atoms with Crippen LogP contribution < -0.4 is 0 Å². The second kappa shape index (κ2) is 4.99. The summed E-state index contributed by atoms with van der Waals surface area (Å²) in [6.45, 7) is 1.90. The summed E-state index contributed by atoms with van der Waals surface area (Å²) in [4.78, 5) is 14.8. The smallest absolute Gasteiger partial charge is 0.337 e. The normalized spacial score (nSPS) is 10.6. The van der Waals surface area contributed by atoms with Crippen molar-refractivity contribution in [1.82, 2.24) is 14.8 Å². The van der Waals surface area contributed by atoms with E-state index in [4.69, 9.17) is 16.7 Å². The first-order chi connectivity index (χ1) is 8.47. The van der Waals surface area contributed by atoms with Gasteiger partial charge in [-0.05, 0) is 30.8 Å². The molecule has 2 heterocycles. The summed E-state index contributed by atoms with van der Waals surface area (Å²) >= 11 is 7.35. The van der Waals surface area contributed by atoms with Gasteiger partial charge in [0.15, 0.2) is 0 Å². The molecule has 2 rings (SSSR count). The summed E-state index contributed by atoms with van der Waals surface area (Å²) in [7, 11) is 1.83. The van der Waals surface area contributed by atoms with Crippen LogP contribution in [0.25, 0.3) is 0 Å². The SMILES string of the molecule is Cc1cc(Sc2ncc(C(=O)O)cc2Cl)n(C)n1. The van der Waals surface area contributed by atoms with Crippen LogP contribution in [0, 0.1) is 6.92 Å². The number of pyridine rings is 1. The highest BCUT2D eigenvalue weighted by molar-refractivity contribution is 7.99. The van der Waals surface area contributed by atoms with E-state index in [2.05, 4.69) is 10.1 Å². The minimum atomic E-state index is -1.04. The molecule has 0 amide bonds. The Morgan fingerprint density at radius 2 is 2.22 bits per heavy atom. The molecule has 7 heteroatoms. The average molecular weight is 284 g/mol. The number of carboxylic acid groups (broad SMARTS) is 1. The maximum absolute atomic E-state index is 10.8. The van der Waals surface area contributed by atoms with E-state index < -0.39 is 5.97 Å². The van der Waals surface area contributed by atoms with Crippen molar-refractivity contribution in [2.45, 2.75) is 17.0 Å². The average Bonchev–Trinajstić information content (AvgIpc) is 2.60. The number of rotatable bonds is 3. The Kier molecular flexibility index (Phi) is 3.58. The second-order valence-electron chi connectivity index (χ2n) is 3.67. The predicted octanol–water partition coefficient (Wildman–Crippen LogP) is 2.63. The Bertz CT molecular complexity index is 612. The molecule has 0 aliphatic rings. The van der Waals surface area contributed by atoms with Crippen molar-refractivity contribution >= 4 is 29.3 Å². The number of aromatic nitrogens is 3. The summed E-state index contributed by atoms with van der Waals surface area (Å²) < 4.78 is 1.73. The van der Waals surface area contributed by atoms with Crippen molar-refractivity contribution in [3.8, 4) is 0 Å². The summed E-state index contributed by atoms with van der Waals surface area (Å²) in [5.74, 6) is -1.04. The Morgan fingerprint density at radius 1 is 1.50 bits per heavy atom. The molecule has 0 unspecified atom stereocenters. The molecule has 0 saturated carbocycles. The lowest BCUT2D eigenvalue weighted by atomic mass is 10.3. The van der Waals surface area contributed by atoms with Crippen molar-refractivity contribution in [2.75, 3.05) is 0 Å². The first-order valence-corrected chi connectivity index (χ1v) is 6.24. The third-order valence-electron chi connectivity index (χ3n) is 2.21. The number of halogens is 1. The van der Waals surface area contributed by atoms with Crippen LogP contribution in [0.1, 0.15) is 16.1 Å². The maximum Gasteiger partial charge on any atom is 0.337 e. The third-order valence-corrected chi connectivity index (χ3v) is 3.72. The maximum atomic E-state index is 10.8. The molecule has 0 aliphatic carbocycles. The molecular formula is C11H10ClN3O2S. The number of aromatic carboxylic acids is 1. The highest BCUT2D eigenvalue weighted by atomic mass is 35.5. The predicted molar refractivity (Wildman–Crippen MR) is 68.3 cm³/mol. The van der Waals surface area contributed by atoms with E-state index in [1.165, 1.54) is 24.0 Å². The zero-order valence-corrected chi connectivity index (χ0v) is 11.3. The molecule has 0 fully saturated rings. The largest absolute Gasteiger partial charge is 0.478 e. The van der Waals surface area contributed by atoms with E-state index in [1.807, 2.05) is 20.0 Å². The Labute approximate surface area is 113 Å². The number of aryl methyl sites for hydroxylation is 2. The second-order valence-corrected chi connectivity index (χ2v) is 5.08. The third kappa shape index (κ3) is 2.65. The highest BCUT2D eigenvalue weighted by Gasteiger charge is 2.12. The van der Waals surface area contributed by atoms with Gasteiger partial charge in [0, 0.05) is 13.2 Å². The van der Waals surface area contributed by atoms with Crippen LogP contribution in [-0.4, -0.2) is 25.8 Å². The summed E-state index contributed by atoms with van der Waals surface area (Å²) in [5, 5.41) is 14.8. The van der Waals surface area contributed by atoms with Gasteiger partial charge in [0.05, 0.1) is 16.3 Å². The van der Waals surface area contributed by atoms with E-state index >= 15 is 0 Å². The molecular weight excluding hydrogens is 274 g/mol. The van der Waals surface area contributed by atoms with E-state index in [1.54, 1.807) is 4.68 Å². The summed E-state index contributed by atoms with van der Waals surface area (Å²) in [6.07, 6.45) is 1.29. The lowest BCUT2D eigenvalue weighted by molar-refractivity contribution is 0.0696. The minimum Gasteiger partial charge on any atom is -0.478 e. The zero-order valence-electron chi connectivity index (χ0n) is 9.72. The minimum absolute atomic E-state index is 0.0746. The van der Waals surface area contributed by atoms with Crippen LogP contribution in [0.5, 0.6) is 0 Å². The fourth-order valence-electron chi connectivity index (χ4n) is 1.40. The van der Waals surface area contributed by atoms with E-state index in [0.717, 1.165) is 10.7 Å². The van der Waals surface area contributed by atoms with Crippen molar-refractivity contribution in [2.24, 2.45) is 7.05 Å². The van der Waals surface area contributed by atoms with Crippen LogP contribution in [0.4, 0.5) is 0 Å². The Morgan fingerprint density at radius 3 is 2.72 bits per heavy atom. The highest BCUT2D eigenvalue weighted by Crippen LogP contribution is 2.31. The fourth-order valence-corrected chi connectivity index (χ4v) is 2.54. The van der Waals surface area contributed by atoms with Gasteiger partial charge in [-0.3, -0.25) is 4.68 Å². The van der Waals surface area contributed by atoms with Crippen LogP contribution >= 0.6 is 23.4 Å². The van der Waals surface area contributed by atoms with Crippen molar-refractivity contribution < 1.29 is 9.90 Å². The fraction of sp³-hybridized carbons (Fsp3) is 0.182. The molecule has 0 bridgehead atoms. The number of carbonyl (C=O) groups is 1. The number of hydrogen-bond acceptors (Lipinski definition) is 4.